The highest BCUT2D eigenvalue weighted by atomic mass is 32.2. The van der Waals surface area contributed by atoms with Crippen molar-refractivity contribution in [2.45, 2.75) is 43.9 Å². The molecule has 5 nitrogen and oxygen atoms in total. The fourth-order valence-electron chi connectivity index (χ4n) is 2.74. The van der Waals surface area contributed by atoms with E-state index in [0.29, 0.717) is 23.9 Å². The van der Waals surface area contributed by atoms with Gasteiger partial charge in [-0.15, -0.1) is 0 Å². The van der Waals surface area contributed by atoms with Crippen molar-refractivity contribution in [1.29, 1.82) is 0 Å². The maximum Gasteiger partial charge on any atom is 0.244 e. The standard InChI is InChI=1S/C15H24N2O3S/c1-11-8-14(20-2)15(9-13(11)16)21(18,19)17-10-12-6-4-3-5-7-12/h8-9,12,17H,3-7,10,16H2,1-2H3. The molecule has 0 radical (unpaired) electrons. The van der Waals surface area contributed by atoms with Crippen LogP contribution in [0.25, 0.3) is 0 Å². The van der Waals surface area contributed by atoms with Gasteiger partial charge < -0.3 is 10.5 Å². The van der Waals surface area contributed by atoms with Gasteiger partial charge in [0, 0.05) is 12.2 Å². The smallest absolute Gasteiger partial charge is 0.244 e. The Morgan fingerprint density at radius 1 is 1.29 bits per heavy atom. The molecular formula is C15H24N2O3S. The van der Waals surface area contributed by atoms with Gasteiger partial charge in [0.15, 0.2) is 0 Å². The Bertz CT molecular complexity index is 593. The van der Waals surface area contributed by atoms with E-state index in [1.807, 2.05) is 6.92 Å². The van der Waals surface area contributed by atoms with Gasteiger partial charge in [0.2, 0.25) is 10.0 Å². The summed E-state index contributed by atoms with van der Waals surface area (Å²) in [5.74, 6) is 0.764. The van der Waals surface area contributed by atoms with Crippen LogP contribution in [0.1, 0.15) is 37.7 Å². The lowest BCUT2D eigenvalue weighted by atomic mass is 9.90. The molecule has 0 unspecified atom stereocenters. The van der Waals surface area contributed by atoms with Gasteiger partial charge in [0.05, 0.1) is 7.11 Å². The number of sulfonamides is 1. The number of nitrogens with one attached hydrogen (secondary N) is 1. The Kier molecular flexibility index (Phi) is 5.11. The molecule has 1 aromatic rings. The van der Waals surface area contributed by atoms with Crippen molar-refractivity contribution in [1.82, 2.24) is 4.72 Å². The molecule has 0 amide bonds. The zero-order valence-electron chi connectivity index (χ0n) is 12.7. The molecule has 1 saturated carbocycles. The summed E-state index contributed by atoms with van der Waals surface area (Å²) in [7, 11) is -2.13. The van der Waals surface area contributed by atoms with Crippen LogP contribution in [0.3, 0.4) is 0 Å². The van der Waals surface area contributed by atoms with E-state index in [-0.39, 0.29) is 4.90 Å². The van der Waals surface area contributed by atoms with Crippen molar-refractivity contribution in [2.24, 2.45) is 5.92 Å². The molecule has 1 aromatic carbocycles. The fourth-order valence-corrected chi connectivity index (χ4v) is 4.04. The fraction of sp³-hybridized carbons (Fsp3) is 0.600. The molecule has 1 fully saturated rings. The van der Waals surface area contributed by atoms with Gasteiger partial charge in [0.1, 0.15) is 10.6 Å². The number of rotatable bonds is 5. The quantitative estimate of drug-likeness (QED) is 0.818. The second-order valence-electron chi connectivity index (χ2n) is 5.72. The second-order valence-corrected chi connectivity index (χ2v) is 7.45. The van der Waals surface area contributed by atoms with Crippen molar-refractivity contribution in [2.75, 3.05) is 19.4 Å². The predicted molar refractivity (Wildman–Crippen MR) is 83.9 cm³/mol. The molecule has 2 rings (SSSR count). The molecule has 118 valence electrons. The molecule has 6 heteroatoms. The van der Waals surface area contributed by atoms with Crippen LogP contribution in [0.15, 0.2) is 17.0 Å². The predicted octanol–water partition coefficient (Wildman–Crippen LogP) is 2.44. The first-order chi connectivity index (χ1) is 9.94. The van der Waals surface area contributed by atoms with E-state index in [1.54, 1.807) is 6.07 Å². The van der Waals surface area contributed by atoms with Gasteiger partial charge in [-0.1, -0.05) is 19.3 Å². The molecule has 0 aromatic heterocycles. The van der Waals surface area contributed by atoms with Crippen molar-refractivity contribution in [3.05, 3.63) is 17.7 Å². The van der Waals surface area contributed by atoms with Gasteiger partial charge in [-0.3, -0.25) is 0 Å². The minimum atomic E-state index is -3.60. The lowest BCUT2D eigenvalue weighted by molar-refractivity contribution is 0.356. The van der Waals surface area contributed by atoms with Crippen LogP contribution in [0.5, 0.6) is 5.75 Å². The van der Waals surface area contributed by atoms with E-state index in [0.717, 1.165) is 18.4 Å². The Morgan fingerprint density at radius 2 is 1.95 bits per heavy atom. The highest BCUT2D eigenvalue weighted by Gasteiger charge is 2.23. The Balaban J connectivity index is 2.16. The average Bonchev–Trinajstić information content (AvgIpc) is 2.48. The largest absolute Gasteiger partial charge is 0.495 e. The number of aryl methyl sites for hydroxylation is 1. The van der Waals surface area contributed by atoms with E-state index in [1.165, 1.54) is 32.4 Å². The Hall–Kier alpha value is -1.27. The molecule has 0 bridgehead atoms. The van der Waals surface area contributed by atoms with E-state index in [4.69, 9.17) is 10.5 Å². The minimum Gasteiger partial charge on any atom is -0.495 e. The first-order valence-corrected chi connectivity index (χ1v) is 8.86. The normalized spacial score (nSPS) is 16.9. The summed E-state index contributed by atoms with van der Waals surface area (Å²) < 4.78 is 32.8. The van der Waals surface area contributed by atoms with Crippen molar-refractivity contribution >= 4 is 15.7 Å². The molecule has 1 aliphatic rings. The summed E-state index contributed by atoms with van der Waals surface area (Å²) in [6, 6.07) is 3.13. The first kappa shape index (κ1) is 16.1. The average molecular weight is 312 g/mol. The summed E-state index contributed by atoms with van der Waals surface area (Å²) in [5, 5.41) is 0. The molecule has 0 heterocycles. The highest BCUT2D eigenvalue weighted by Crippen LogP contribution is 2.29. The number of nitrogens with two attached hydrogens (primary N) is 1. The number of hydrogen-bond donors (Lipinski definition) is 2. The molecule has 3 N–H and O–H groups in total. The molecule has 0 saturated heterocycles. The molecule has 1 aliphatic carbocycles. The van der Waals surface area contributed by atoms with E-state index in [2.05, 4.69) is 4.72 Å². The van der Waals surface area contributed by atoms with Crippen LogP contribution in [-0.4, -0.2) is 22.1 Å². The minimum absolute atomic E-state index is 0.115. The topological polar surface area (TPSA) is 81.4 Å². The second kappa shape index (κ2) is 6.66. The first-order valence-electron chi connectivity index (χ1n) is 7.38. The number of methoxy groups -OCH3 is 1. The molecule has 0 atom stereocenters. The molecule has 21 heavy (non-hydrogen) atoms. The maximum absolute atomic E-state index is 12.5. The van der Waals surface area contributed by atoms with Crippen LogP contribution >= 0.6 is 0 Å². The number of nitrogen functional groups attached to an aromatic ring is 1. The van der Waals surface area contributed by atoms with Crippen LogP contribution in [-0.2, 0) is 10.0 Å². The number of hydrogen-bond acceptors (Lipinski definition) is 4. The third-order valence-electron chi connectivity index (χ3n) is 4.13. The summed E-state index contributed by atoms with van der Waals surface area (Å²) in [6.45, 7) is 2.31. The lowest BCUT2D eigenvalue weighted by Gasteiger charge is -2.22. The SMILES string of the molecule is COc1cc(C)c(N)cc1S(=O)(=O)NCC1CCCCC1. The monoisotopic (exact) mass is 312 g/mol. The third-order valence-corrected chi connectivity index (χ3v) is 5.57. The van der Waals surface area contributed by atoms with Crippen molar-refractivity contribution in [3.63, 3.8) is 0 Å². The molecular weight excluding hydrogens is 288 g/mol. The summed E-state index contributed by atoms with van der Waals surface area (Å²) >= 11 is 0. The molecule has 0 spiro atoms. The van der Waals surface area contributed by atoms with Crippen LogP contribution in [0.4, 0.5) is 5.69 Å². The van der Waals surface area contributed by atoms with Crippen LogP contribution < -0.4 is 15.2 Å². The van der Waals surface area contributed by atoms with Crippen LogP contribution in [0.2, 0.25) is 0 Å². The van der Waals surface area contributed by atoms with Gasteiger partial charge in [-0.05, 0) is 43.4 Å². The highest BCUT2D eigenvalue weighted by molar-refractivity contribution is 7.89. The lowest BCUT2D eigenvalue weighted by Crippen LogP contribution is -2.30. The zero-order chi connectivity index (χ0) is 15.5. The summed E-state index contributed by atoms with van der Waals surface area (Å²) in [6.07, 6.45) is 5.82. The summed E-state index contributed by atoms with van der Waals surface area (Å²) in [5.41, 5.74) is 7.09. The van der Waals surface area contributed by atoms with Gasteiger partial charge in [-0.2, -0.15) is 0 Å². The van der Waals surface area contributed by atoms with E-state index >= 15 is 0 Å². The Labute approximate surface area is 126 Å². The van der Waals surface area contributed by atoms with E-state index in [9.17, 15) is 8.42 Å². The molecule has 0 aliphatic heterocycles. The van der Waals surface area contributed by atoms with Gasteiger partial charge in [-0.25, -0.2) is 13.1 Å². The number of anilines is 1. The number of ether oxygens (including phenoxy) is 1. The maximum atomic E-state index is 12.5. The van der Waals surface area contributed by atoms with Crippen molar-refractivity contribution in [3.8, 4) is 5.75 Å². The zero-order valence-corrected chi connectivity index (χ0v) is 13.5. The van der Waals surface area contributed by atoms with Crippen LogP contribution in [0, 0.1) is 12.8 Å². The summed E-state index contributed by atoms with van der Waals surface area (Å²) in [4.78, 5) is 0.115. The van der Waals surface area contributed by atoms with Crippen molar-refractivity contribution < 1.29 is 13.2 Å². The van der Waals surface area contributed by atoms with E-state index < -0.39 is 10.0 Å². The Morgan fingerprint density at radius 3 is 2.57 bits per heavy atom. The van der Waals surface area contributed by atoms with Gasteiger partial charge >= 0.3 is 0 Å². The number of benzene rings is 1. The van der Waals surface area contributed by atoms with Gasteiger partial charge in [0.25, 0.3) is 0 Å². The third kappa shape index (κ3) is 3.89.